The Labute approximate surface area is 157 Å². The van der Waals surface area contributed by atoms with Crippen molar-refractivity contribution in [2.75, 3.05) is 13.1 Å². The van der Waals surface area contributed by atoms with E-state index >= 15 is 0 Å². The maximum atomic E-state index is 14.0. The fourth-order valence-electron chi connectivity index (χ4n) is 4.34. The summed E-state index contributed by atoms with van der Waals surface area (Å²) in [6.07, 6.45) is 3.91. The van der Waals surface area contributed by atoms with E-state index in [0.29, 0.717) is 11.1 Å². The van der Waals surface area contributed by atoms with E-state index in [9.17, 15) is 9.18 Å². The normalized spacial score (nSPS) is 17.3. The van der Waals surface area contributed by atoms with Crippen molar-refractivity contribution in [2.45, 2.75) is 32.4 Å². The second kappa shape index (κ2) is 6.50. The number of benzene rings is 2. The van der Waals surface area contributed by atoms with E-state index in [4.69, 9.17) is 0 Å². The van der Waals surface area contributed by atoms with Crippen molar-refractivity contribution in [3.8, 4) is 11.3 Å². The van der Waals surface area contributed by atoms with Crippen molar-refractivity contribution in [1.82, 2.24) is 15.2 Å². The van der Waals surface area contributed by atoms with Crippen LogP contribution in [0.3, 0.4) is 0 Å². The highest BCUT2D eigenvalue weighted by Gasteiger charge is 2.26. The third-order valence-corrected chi connectivity index (χ3v) is 5.74. The lowest BCUT2D eigenvalue weighted by molar-refractivity contribution is 0.0966. The van der Waals surface area contributed by atoms with Gasteiger partial charge in [0.05, 0.1) is 5.56 Å². The van der Waals surface area contributed by atoms with Crippen LogP contribution < -0.4 is 5.32 Å². The third kappa shape index (κ3) is 2.92. The number of aromatic amines is 1. The quantitative estimate of drug-likeness (QED) is 0.733. The lowest BCUT2D eigenvalue weighted by Crippen LogP contribution is -2.28. The molecule has 1 aromatic heterocycles. The fourth-order valence-corrected chi connectivity index (χ4v) is 4.34. The molecule has 0 saturated carbocycles. The predicted molar refractivity (Wildman–Crippen MR) is 104 cm³/mol. The molecule has 27 heavy (non-hydrogen) atoms. The van der Waals surface area contributed by atoms with Gasteiger partial charge in [-0.25, -0.2) is 4.39 Å². The summed E-state index contributed by atoms with van der Waals surface area (Å²) in [5.74, 6) is -0.532. The van der Waals surface area contributed by atoms with E-state index in [0.717, 1.165) is 28.7 Å². The number of fused-ring (bicyclic) bond motifs is 2. The predicted octanol–water partition coefficient (Wildman–Crippen LogP) is 4.20. The molecule has 5 rings (SSSR count). The van der Waals surface area contributed by atoms with Gasteiger partial charge in [0.15, 0.2) is 0 Å². The van der Waals surface area contributed by atoms with E-state index in [1.807, 2.05) is 0 Å². The smallest absolute Gasteiger partial charge is 0.252 e. The van der Waals surface area contributed by atoms with Gasteiger partial charge in [-0.2, -0.15) is 0 Å². The number of carbonyl (C=O) groups excluding carboxylic acids is 1. The molecule has 0 unspecified atom stereocenters. The van der Waals surface area contributed by atoms with Crippen LogP contribution in [0.4, 0.5) is 4.39 Å². The molecule has 1 amide bonds. The van der Waals surface area contributed by atoms with E-state index in [1.165, 1.54) is 44.0 Å². The average molecular weight is 363 g/mol. The zero-order valence-electron chi connectivity index (χ0n) is 15.1. The van der Waals surface area contributed by atoms with Crippen LogP contribution in [0.15, 0.2) is 36.4 Å². The number of likely N-dealkylation sites (tertiary alicyclic amines) is 1. The molecule has 0 atom stereocenters. The Morgan fingerprint density at radius 3 is 2.74 bits per heavy atom. The molecule has 0 radical (unpaired) electrons. The maximum absolute atomic E-state index is 14.0. The molecule has 0 bridgehead atoms. The van der Waals surface area contributed by atoms with Crippen LogP contribution in [0.25, 0.3) is 22.2 Å². The Hall–Kier alpha value is -2.66. The van der Waals surface area contributed by atoms with Crippen molar-refractivity contribution in [3.05, 3.63) is 58.9 Å². The molecule has 0 spiro atoms. The molecule has 2 aliphatic heterocycles. The molecule has 1 fully saturated rings. The van der Waals surface area contributed by atoms with Crippen LogP contribution in [-0.2, 0) is 13.1 Å². The fraction of sp³-hybridized carbons (Fsp3) is 0.318. The minimum atomic E-state index is -0.327. The van der Waals surface area contributed by atoms with Crippen molar-refractivity contribution in [3.63, 3.8) is 0 Å². The van der Waals surface area contributed by atoms with E-state index in [2.05, 4.69) is 39.5 Å². The number of hydrogen-bond acceptors (Lipinski definition) is 2. The SMILES string of the molecule is O=C1NCc2c(F)ccc(-c3cc4cc(CN5CCCCC5)ccc4[nH]3)c21. The maximum Gasteiger partial charge on any atom is 0.252 e. The first kappa shape index (κ1) is 16.5. The number of nitrogens with zero attached hydrogens (tertiary/aromatic N) is 1. The zero-order chi connectivity index (χ0) is 18.4. The number of amides is 1. The number of carbonyl (C=O) groups is 1. The number of piperidine rings is 1. The van der Waals surface area contributed by atoms with Crippen LogP contribution in [0.2, 0.25) is 0 Å². The van der Waals surface area contributed by atoms with Gasteiger partial charge in [-0.1, -0.05) is 12.5 Å². The number of nitrogens with one attached hydrogen (secondary N) is 2. The van der Waals surface area contributed by atoms with Gasteiger partial charge in [0.25, 0.3) is 5.91 Å². The minimum Gasteiger partial charge on any atom is -0.355 e. The first-order valence-electron chi connectivity index (χ1n) is 9.63. The van der Waals surface area contributed by atoms with Gasteiger partial charge in [-0.15, -0.1) is 0 Å². The molecule has 3 heterocycles. The molecule has 3 aromatic rings. The Kier molecular flexibility index (Phi) is 3.97. The summed E-state index contributed by atoms with van der Waals surface area (Å²) < 4.78 is 14.0. The lowest BCUT2D eigenvalue weighted by Gasteiger charge is -2.26. The molecule has 1 saturated heterocycles. The first-order chi connectivity index (χ1) is 13.2. The first-order valence-corrected chi connectivity index (χ1v) is 9.63. The number of rotatable bonds is 3. The van der Waals surface area contributed by atoms with E-state index in [-0.39, 0.29) is 18.3 Å². The van der Waals surface area contributed by atoms with Gasteiger partial charge in [-0.05, 0) is 61.8 Å². The van der Waals surface area contributed by atoms with Gasteiger partial charge in [0, 0.05) is 40.8 Å². The molecule has 0 aliphatic carbocycles. The summed E-state index contributed by atoms with van der Waals surface area (Å²) in [5.41, 5.74) is 4.86. The Morgan fingerprint density at radius 1 is 1.04 bits per heavy atom. The molecule has 4 nitrogen and oxygen atoms in total. The Morgan fingerprint density at radius 2 is 1.89 bits per heavy atom. The average Bonchev–Trinajstić information content (AvgIpc) is 3.27. The number of aromatic nitrogens is 1. The number of halogens is 1. The van der Waals surface area contributed by atoms with Gasteiger partial charge in [-0.3, -0.25) is 9.69 Å². The number of hydrogen-bond donors (Lipinski definition) is 2. The third-order valence-electron chi connectivity index (χ3n) is 5.74. The van der Waals surface area contributed by atoms with Gasteiger partial charge >= 0.3 is 0 Å². The standard InChI is InChI=1S/C22H22FN3O/c23-18-6-5-16(21-17(18)12-24-22(21)27)20-11-15-10-14(4-7-19(15)25-20)13-26-8-2-1-3-9-26/h4-7,10-11,25H,1-3,8-9,12-13H2,(H,24,27). The number of H-pyrrole nitrogens is 1. The topological polar surface area (TPSA) is 48.1 Å². The summed E-state index contributed by atoms with van der Waals surface area (Å²) in [5, 5.41) is 3.85. The Bertz CT molecular complexity index is 1030. The Balaban J connectivity index is 1.51. The summed E-state index contributed by atoms with van der Waals surface area (Å²) in [6, 6.07) is 11.7. The van der Waals surface area contributed by atoms with E-state index in [1.54, 1.807) is 6.07 Å². The molecular formula is C22H22FN3O. The summed E-state index contributed by atoms with van der Waals surface area (Å²) in [7, 11) is 0. The monoisotopic (exact) mass is 363 g/mol. The van der Waals surface area contributed by atoms with Crippen LogP contribution >= 0.6 is 0 Å². The minimum absolute atomic E-state index is 0.205. The van der Waals surface area contributed by atoms with Crippen molar-refractivity contribution in [1.29, 1.82) is 0 Å². The van der Waals surface area contributed by atoms with Crippen molar-refractivity contribution >= 4 is 16.8 Å². The molecule has 2 aliphatic rings. The summed E-state index contributed by atoms with van der Waals surface area (Å²) in [6.45, 7) is 3.58. The second-order valence-corrected chi connectivity index (χ2v) is 7.57. The lowest BCUT2D eigenvalue weighted by atomic mass is 10.00. The van der Waals surface area contributed by atoms with Gasteiger partial charge in [0.2, 0.25) is 0 Å². The van der Waals surface area contributed by atoms with Gasteiger partial charge in [0.1, 0.15) is 5.82 Å². The molecular weight excluding hydrogens is 341 g/mol. The van der Waals surface area contributed by atoms with Crippen LogP contribution in [0.5, 0.6) is 0 Å². The molecule has 2 N–H and O–H groups in total. The zero-order valence-corrected chi connectivity index (χ0v) is 15.1. The molecule has 2 aromatic carbocycles. The molecule has 138 valence electrons. The largest absolute Gasteiger partial charge is 0.355 e. The van der Waals surface area contributed by atoms with Crippen molar-refractivity contribution in [2.24, 2.45) is 0 Å². The summed E-state index contributed by atoms with van der Waals surface area (Å²) in [4.78, 5) is 18.1. The van der Waals surface area contributed by atoms with Crippen LogP contribution in [0, 0.1) is 5.82 Å². The second-order valence-electron chi connectivity index (χ2n) is 7.57. The van der Waals surface area contributed by atoms with Crippen LogP contribution in [-0.4, -0.2) is 28.9 Å². The molecule has 5 heteroatoms. The van der Waals surface area contributed by atoms with E-state index < -0.39 is 0 Å². The highest BCUT2D eigenvalue weighted by molar-refractivity contribution is 6.05. The highest BCUT2D eigenvalue weighted by Crippen LogP contribution is 2.32. The van der Waals surface area contributed by atoms with Crippen LogP contribution in [0.1, 0.15) is 40.7 Å². The van der Waals surface area contributed by atoms with Gasteiger partial charge < -0.3 is 10.3 Å². The summed E-state index contributed by atoms with van der Waals surface area (Å²) >= 11 is 0. The van der Waals surface area contributed by atoms with Crippen molar-refractivity contribution < 1.29 is 9.18 Å². The highest BCUT2D eigenvalue weighted by atomic mass is 19.1.